The number of ether oxygens (including phenoxy) is 1. The van der Waals surface area contributed by atoms with Gasteiger partial charge in [0.05, 0.1) is 34.1 Å². The highest BCUT2D eigenvalue weighted by atomic mass is 19.4. The zero-order valence-electron chi connectivity index (χ0n) is 16.7. The Bertz CT molecular complexity index is 1480. The van der Waals surface area contributed by atoms with Gasteiger partial charge in [-0.3, -0.25) is 9.59 Å². The lowest BCUT2D eigenvalue weighted by Gasteiger charge is -2.10. The van der Waals surface area contributed by atoms with Crippen LogP contribution in [-0.4, -0.2) is 43.6 Å². The van der Waals surface area contributed by atoms with Gasteiger partial charge < -0.3 is 14.8 Å². The number of imidazole rings is 1. The van der Waals surface area contributed by atoms with Gasteiger partial charge in [0.2, 0.25) is 0 Å². The van der Waals surface area contributed by atoms with Crippen molar-refractivity contribution in [3.05, 3.63) is 63.8 Å². The van der Waals surface area contributed by atoms with E-state index in [0.29, 0.717) is 22.4 Å². The number of carboxylic acid groups (broad SMARTS) is 1. The minimum atomic E-state index is -4.57. The third-order valence-electron chi connectivity index (χ3n) is 4.71. The Morgan fingerprint density at radius 3 is 2.64 bits per heavy atom. The molecule has 2 aromatic carbocycles. The summed E-state index contributed by atoms with van der Waals surface area (Å²) in [6.45, 7) is -2.17. The monoisotopic (exact) mass is 457 g/mol. The summed E-state index contributed by atoms with van der Waals surface area (Å²) in [5.41, 5.74) is 0.389. The number of nitrogens with one attached hydrogen (secondary N) is 1. The zero-order valence-corrected chi connectivity index (χ0v) is 16.7. The van der Waals surface area contributed by atoms with Crippen molar-refractivity contribution >= 4 is 27.8 Å². The summed E-state index contributed by atoms with van der Waals surface area (Å²) >= 11 is 0. The lowest BCUT2D eigenvalue weighted by molar-refractivity contribution is -0.153. The molecule has 12 heteroatoms. The van der Waals surface area contributed by atoms with Crippen molar-refractivity contribution in [3.63, 3.8) is 0 Å². The molecule has 0 aliphatic carbocycles. The van der Waals surface area contributed by atoms with Gasteiger partial charge >= 0.3 is 12.1 Å². The number of halogens is 3. The summed E-state index contributed by atoms with van der Waals surface area (Å²) in [7, 11) is 0. The number of benzene rings is 2. The fourth-order valence-electron chi connectivity index (χ4n) is 3.37. The van der Waals surface area contributed by atoms with Crippen LogP contribution in [0.4, 0.5) is 13.2 Å². The number of nitriles is 1. The van der Waals surface area contributed by atoms with Gasteiger partial charge in [0.1, 0.15) is 24.2 Å². The van der Waals surface area contributed by atoms with Gasteiger partial charge in [-0.25, -0.2) is 9.67 Å². The summed E-state index contributed by atoms with van der Waals surface area (Å²) in [6, 6.07) is 10.9. The van der Waals surface area contributed by atoms with Crippen LogP contribution in [0.1, 0.15) is 17.1 Å². The van der Waals surface area contributed by atoms with Gasteiger partial charge in [-0.15, -0.1) is 0 Å². The average molecular weight is 457 g/mol. The first kappa shape index (κ1) is 21.8. The van der Waals surface area contributed by atoms with E-state index in [-0.39, 0.29) is 28.6 Å². The van der Waals surface area contributed by atoms with Gasteiger partial charge in [-0.2, -0.15) is 23.5 Å². The topological polar surface area (TPSA) is 134 Å². The number of fused-ring (bicyclic) bond motifs is 2. The molecule has 9 nitrogen and oxygen atoms in total. The summed E-state index contributed by atoms with van der Waals surface area (Å²) in [4.78, 5) is 31.0. The number of hydrogen-bond acceptors (Lipinski definition) is 6. The van der Waals surface area contributed by atoms with E-state index in [1.807, 2.05) is 0 Å². The minimum Gasteiger partial charge on any atom is -0.483 e. The van der Waals surface area contributed by atoms with Crippen molar-refractivity contribution in [1.29, 1.82) is 5.26 Å². The molecule has 0 aliphatic rings. The fraction of sp³-hybridized carbons (Fsp3) is 0.190. The van der Waals surface area contributed by atoms with Crippen LogP contribution in [0.25, 0.3) is 21.8 Å². The molecule has 4 rings (SSSR count). The van der Waals surface area contributed by atoms with Crippen molar-refractivity contribution < 1.29 is 27.8 Å². The average Bonchev–Trinajstić information content (AvgIpc) is 3.15. The Balaban J connectivity index is 1.75. The molecule has 0 atom stereocenters. The van der Waals surface area contributed by atoms with Crippen LogP contribution in [0.2, 0.25) is 0 Å². The number of nitrogens with zero attached hydrogens (tertiary/aromatic N) is 4. The highest BCUT2D eigenvalue weighted by Gasteiger charge is 2.29. The first-order valence-corrected chi connectivity index (χ1v) is 9.47. The van der Waals surface area contributed by atoms with E-state index >= 15 is 0 Å². The molecular formula is C21H14F3N5O4. The second-order valence-electron chi connectivity index (χ2n) is 7.09. The minimum absolute atomic E-state index is 0.0652. The molecule has 0 unspecified atom stereocenters. The molecule has 0 fully saturated rings. The maximum atomic E-state index is 12.5. The van der Waals surface area contributed by atoms with E-state index in [0.717, 1.165) is 4.68 Å². The van der Waals surface area contributed by atoms with Crippen molar-refractivity contribution in [2.24, 2.45) is 0 Å². The van der Waals surface area contributed by atoms with Crippen LogP contribution in [0.15, 0.2) is 41.2 Å². The molecule has 2 N–H and O–H groups in total. The molecule has 0 spiro atoms. The number of rotatable bonds is 6. The highest BCUT2D eigenvalue weighted by molar-refractivity contribution is 5.84. The molecular weight excluding hydrogens is 443 g/mol. The Kier molecular flexibility index (Phi) is 5.47. The van der Waals surface area contributed by atoms with Crippen molar-refractivity contribution in [2.45, 2.75) is 19.1 Å². The van der Waals surface area contributed by atoms with E-state index in [2.05, 4.69) is 15.1 Å². The lowest BCUT2D eigenvalue weighted by Crippen LogP contribution is -2.28. The van der Waals surface area contributed by atoms with Gasteiger partial charge in [0.15, 0.2) is 6.61 Å². The SMILES string of the molecule is N#Cc1cc2[nH]c(Cc3nn(CC(=O)O)c(=O)c4ccccc34)nc2cc1OCC(F)(F)F. The molecule has 2 heterocycles. The van der Waals surface area contributed by atoms with E-state index in [9.17, 15) is 28.0 Å². The predicted octanol–water partition coefficient (Wildman–Crippen LogP) is 2.76. The van der Waals surface area contributed by atoms with Crippen LogP contribution in [-0.2, 0) is 17.8 Å². The molecule has 0 amide bonds. The summed E-state index contributed by atoms with van der Waals surface area (Å²) in [5.74, 6) is -1.14. The molecule has 0 aliphatic heterocycles. The van der Waals surface area contributed by atoms with Crippen molar-refractivity contribution in [1.82, 2.24) is 19.7 Å². The Morgan fingerprint density at radius 1 is 1.24 bits per heavy atom. The molecule has 4 aromatic rings. The molecule has 2 aromatic heterocycles. The predicted molar refractivity (Wildman–Crippen MR) is 109 cm³/mol. The van der Waals surface area contributed by atoms with Crippen LogP contribution >= 0.6 is 0 Å². The molecule has 0 bridgehead atoms. The van der Waals surface area contributed by atoms with Crippen molar-refractivity contribution in [2.75, 3.05) is 6.61 Å². The number of aromatic nitrogens is 4. The van der Waals surface area contributed by atoms with Crippen LogP contribution in [0.3, 0.4) is 0 Å². The first-order valence-electron chi connectivity index (χ1n) is 9.47. The van der Waals surface area contributed by atoms with Crippen LogP contribution in [0.5, 0.6) is 5.75 Å². The van der Waals surface area contributed by atoms with E-state index in [1.165, 1.54) is 12.1 Å². The molecule has 0 saturated heterocycles. The molecule has 33 heavy (non-hydrogen) atoms. The van der Waals surface area contributed by atoms with Gasteiger partial charge in [-0.05, 0) is 12.1 Å². The molecule has 168 valence electrons. The van der Waals surface area contributed by atoms with Gasteiger partial charge in [-0.1, -0.05) is 18.2 Å². The van der Waals surface area contributed by atoms with Gasteiger partial charge in [0, 0.05) is 11.5 Å². The Labute approximate surface area is 182 Å². The standard InChI is InChI=1S/C21H14F3N5O4/c22-21(23,24)10-33-17-6-16-15(5-11(17)8-25)26-18(27-16)7-14-12-3-1-2-4-13(12)20(32)29(28-14)9-19(30)31/h1-6H,7,9-10H2,(H,26,27)(H,30,31). The third kappa shape index (κ3) is 4.62. The smallest absolute Gasteiger partial charge is 0.422 e. The zero-order chi connectivity index (χ0) is 23.8. The fourth-order valence-corrected chi connectivity index (χ4v) is 3.37. The van der Waals surface area contributed by atoms with E-state index < -0.39 is 30.9 Å². The second-order valence-corrected chi connectivity index (χ2v) is 7.09. The quantitative estimate of drug-likeness (QED) is 0.455. The summed E-state index contributed by atoms with van der Waals surface area (Å²) < 4.78 is 43.1. The second kappa shape index (κ2) is 8.27. The first-order chi connectivity index (χ1) is 15.6. The maximum absolute atomic E-state index is 12.5. The number of carboxylic acids is 1. The van der Waals surface area contributed by atoms with Crippen LogP contribution in [0, 0.1) is 11.3 Å². The number of alkyl halides is 3. The molecule has 0 saturated carbocycles. The van der Waals surface area contributed by atoms with Crippen molar-refractivity contribution in [3.8, 4) is 11.8 Å². The normalized spacial score (nSPS) is 11.6. The number of H-pyrrole nitrogens is 1. The Morgan fingerprint density at radius 2 is 1.97 bits per heavy atom. The summed E-state index contributed by atoms with van der Waals surface area (Å²) in [6.07, 6.45) is -4.50. The number of aromatic amines is 1. The van der Waals surface area contributed by atoms with Crippen LogP contribution < -0.4 is 10.3 Å². The highest BCUT2D eigenvalue weighted by Crippen LogP contribution is 2.27. The Hall–Kier alpha value is -4.40. The third-order valence-corrected chi connectivity index (χ3v) is 4.71. The van der Waals surface area contributed by atoms with E-state index in [4.69, 9.17) is 9.84 Å². The summed E-state index contributed by atoms with van der Waals surface area (Å²) in [5, 5.41) is 23.3. The number of aliphatic carboxylic acids is 1. The molecule has 0 radical (unpaired) electrons. The maximum Gasteiger partial charge on any atom is 0.422 e. The number of carbonyl (C=O) groups is 1. The number of hydrogen-bond donors (Lipinski definition) is 2. The lowest BCUT2D eigenvalue weighted by atomic mass is 10.1. The largest absolute Gasteiger partial charge is 0.483 e. The van der Waals surface area contributed by atoms with E-state index in [1.54, 1.807) is 30.3 Å². The van der Waals surface area contributed by atoms with Gasteiger partial charge in [0.25, 0.3) is 5.56 Å².